The molecule has 162 valence electrons. The van der Waals surface area contributed by atoms with Gasteiger partial charge in [0.2, 0.25) is 0 Å². The Bertz CT molecular complexity index is 1260. The smallest absolute Gasteiger partial charge is 0.274 e. The molecule has 32 heavy (non-hydrogen) atoms. The number of methoxy groups -OCH3 is 1. The van der Waals surface area contributed by atoms with Gasteiger partial charge < -0.3 is 18.9 Å². The van der Waals surface area contributed by atoms with E-state index in [4.69, 9.17) is 4.74 Å². The molecule has 0 bridgehead atoms. The Morgan fingerprint density at radius 1 is 1.06 bits per heavy atom. The van der Waals surface area contributed by atoms with E-state index >= 15 is 0 Å². The number of ether oxygens (including phenoxy) is 1. The molecule has 2 aromatic carbocycles. The van der Waals surface area contributed by atoms with E-state index in [1.54, 1.807) is 42.2 Å². The van der Waals surface area contributed by atoms with Crippen molar-refractivity contribution in [2.75, 3.05) is 38.2 Å². The van der Waals surface area contributed by atoms with Gasteiger partial charge in [-0.1, -0.05) is 6.07 Å². The topological polar surface area (TPSA) is 63.0 Å². The first-order chi connectivity index (χ1) is 15.6. The van der Waals surface area contributed by atoms with Gasteiger partial charge >= 0.3 is 0 Å². The van der Waals surface area contributed by atoms with Crippen LogP contribution in [0.4, 0.5) is 10.1 Å². The standard InChI is InChI=1S/C24H22FN5O2/c1-32-20-4-2-3-19(15-20)28-11-13-29(14-12-28)24(31)21-16-30-10-9-26-22(23(30)27-21)17-5-7-18(25)8-6-17/h2-10,15-16H,11-14H2,1H3. The van der Waals surface area contributed by atoms with Crippen molar-refractivity contribution in [1.82, 2.24) is 19.3 Å². The van der Waals surface area contributed by atoms with Gasteiger partial charge in [0.1, 0.15) is 23.0 Å². The van der Waals surface area contributed by atoms with Crippen LogP contribution < -0.4 is 9.64 Å². The van der Waals surface area contributed by atoms with Gasteiger partial charge in [-0.05, 0) is 36.4 Å². The lowest BCUT2D eigenvalue weighted by atomic mass is 10.1. The first-order valence-electron chi connectivity index (χ1n) is 10.4. The zero-order valence-electron chi connectivity index (χ0n) is 17.6. The number of anilines is 1. The summed E-state index contributed by atoms with van der Waals surface area (Å²) in [5.41, 5.74) is 3.37. The van der Waals surface area contributed by atoms with Gasteiger partial charge in [-0.2, -0.15) is 0 Å². The summed E-state index contributed by atoms with van der Waals surface area (Å²) >= 11 is 0. The second-order valence-electron chi connectivity index (χ2n) is 7.62. The normalized spacial score (nSPS) is 14.1. The summed E-state index contributed by atoms with van der Waals surface area (Å²) < 4.78 is 20.4. The van der Waals surface area contributed by atoms with Crippen LogP contribution in [-0.2, 0) is 0 Å². The molecule has 0 unspecified atom stereocenters. The molecule has 0 aliphatic carbocycles. The maximum Gasteiger partial charge on any atom is 0.274 e. The van der Waals surface area contributed by atoms with Gasteiger partial charge in [-0.3, -0.25) is 9.78 Å². The van der Waals surface area contributed by atoms with Gasteiger partial charge in [0.05, 0.1) is 7.11 Å². The Balaban J connectivity index is 1.34. The quantitative estimate of drug-likeness (QED) is 0.495. The van der Waals surface area contributed by atoms with Gasteiger partial charge in [0.15, 0.2) is 5.65 Å². The monoisotopic (exact) mass is 431 g/mol. The first kappa shape index (κ1) is 20.0. The predicted octanol–water partition coefficient (Wildman–Crippen LogP) is 3.51. The minimum absolute atomic E-state index is 0.107. The lowest BCUT2D eigenvalue weighted by molar-refractivity contribution is 0.0741. The second kappa shape index (κ2) is 8.30. The molecule has 1 fully saturated rings. The third-order valence-electron chi connectivity index (χ3n) is 5.70. The molecule has 2 aromatic heterocycles. The number of hydrogen-bond acceptors (Lipinski definition) is 5. The van der Waals surface area contributed by atoms with Crippen molar-refractivity contribution in [3.63, 3.8) is 0 Å². The summed E-state index contributed by atoms with van der Waals surface area (Å²) in [5, 5.41) is 0. The van der Waals surface area contributed by atoms with Crippen molar-refractivity contribution < 1.29 is 13.9 Å². The maximum atomic E-state index is 13.3. The van der Waals surface area contributed by atoms with Crippen LogP contribution in [0.5, 0.6) is 5.75 Å². The Morgan fingerprint density at radius 3 is 2.59 bits per heavy atom. The number of nitrogens with zero attached hydrogens (tertiary/aromatic N) is 5. The molecular formula is C24H22FN5O2. The van der Waals surface area contributed by atoms with Crippen LogP contribution in [0.15, 0.2) is 67.1 Å². The molecule has 0 radical (unpaired) electrons. The van der Waals surface area contributed by atoms with Gasteiger partial charge in [-0.25, -0.2) is 9.37 Å². The van der Waals surface area contributed by atoms with Crippen molar-refractivity contribution in [1.29, 1.82) is 0 Å². The van der Waals surface area contributed by atoms with E-state index in [0.29, 0.717) is 30.1 Å². The number of hydrogen-bond donors (Lipinski definition) is 0. The predicted molar refractivity (Wildman–Crippen MR) is 119 cm³/mol. The molecule has 0 atom stereocenters. The average Bonchev–Trinajstić information content (AvgIpc) is 3.29. The summed E-state index contributed by atoms with van der Waals surface area (Å²) in [6.45, 7) is 2.67. The van der Waals surface area contributed by atoms with Gasteiger partial charge in [-0.15, -0.1) is 0 Å². The molecule has 8 heteroatoms. The highest BCUT2D eigenvalue weighted by Gasteiger charge is 2.25. The van der Waals surface area contributed by atoms with Crippen molar-refractivity contribution in [3.8, 4) is 17.0 Å². The Labute approximate surface area is 184 Å². The number of rotatable bonds is 4. The number of carbonyl (C=O) groups excluding carboxylic acids is 1. The number of benzene rings is 2. The molecule has 0 saturated carbocycles. The van der Waals surface area contributed by atoms with Crippen LogP contribution in [0.2, 0.25) is 0 Å². The molecule has 1 amide bonds. The van der Waals surface area contributed by atoms with E-state index in [0.717, 1.165) is 30.1 Å². The molecule has 1 aliphatic rings. The average molecular weight is 431 g/mol. The number of fused-ring (bicyclic) bond motifs is 1. The summed E-state index contributed by atoms with van der Waals surface area (Å²) in [6, 6.07) is 14.0. The van der Waals surface area contributed by atoms with Crippen LogP contribution >= 0.6 is 0 Å². The number of carbonyl (C=O) groups is 1. The molecule has 0 N–H and O–H groups in total. The Morgan fingerprint density at radius 2 is 1.84 bits per heavy atom. The van der Waals surface area contributed by atoms with E-state index in [-0.39, 0.29) is 11.7 Å². The minimum Gasteiger partial charge on any atom is -0.497 e. The van der Waals surface area contributed by atoms with Gasteiger partial charge in [0, 0.05) is 62.1 Å². The third kappa shape index (κ3) is 3.75. The summed E-state index contributed by atoms with van der Waals surface area (Å²) in [4.78, 5) is 26.2. The highest BCUT2D eigenvalue weighted by Crippen LogP contribution is 2.24. The van der Waals surface area contributed by atoms with E-state index in [2.05, 4.69) is 14.9 Å². The van der Waals surface area contributed by atoms with Crippen molar-refractivity contribution >= 4 is 17.2 Å². The van der Waals surface area contributed by atoms with Crippen LogP contribution in [0.1, 0.15) is 10.5 Å². The summed E-state index contributed by atoms with van der Waals surface area (Å²) in [7, 11) is 1.65. The first-order valence-corrected chi connectivity index (χ1v) is 10.4. The molecular weight excluding hydrogens is 409 g/mol. The van der Waals surface area contributed by atoms with E-state index in [1.807, 2.05) is 29.2 Å². The zero-order valence-corrected chi connectivity index (χ0v) is 17.6. The molecule has 3 heterocycles. The van der Waals surface area contributed by atoms with E-state index in [1.165, 1.54) is 12.1 Å². The highest BCUT2D eigenvalue weighted by atomic mass is 19.1. The number of piperazine rings is 1. The fourth-order valence-corrected chi connectivity index (χ4v) is 3.97. The molecule has 1 saturated heterocycles. The van der Waals surface area contributed by atoms with Crippen LogP contribution in [0.25, 0.3) is 16.9 Å². The van der Waals surface area contributed by atoms with Crippen LogP contribution in [0.3, 0.4) is 0 Å². The van der Waals surface area contributed by atoms with Crippen LogP contribution in [-0.4, -0.2) is 58.5 Å². The van der Waals surface area contributed by atoms with Crippen LogP contribution in [0, 0.1) is 5.82 Å². The van der Waals surface area contributed by atoms with Crippen molar-refractivity contribution in [2.45, 2.75) is 0 Å². The summed E-state index contributed by atoms with van der Waals surface area (Å²) in [5.74, 6) is 0.397. The third-order valence-corrected chi connectivity index (χ3v) is 5.70. The minimum atomic E-state index is -0.312. The van der Waals surface area contributed by atoms with Crippen molar-refractivity contribution in [3.05, 3.63) is 78.6 Å². The fraction of sp³-hybridized carbons (Fsp3) is 0.208. The fourth-order valence-electron chi connectivity index (χ4n) is 3.97. The summed E-state index contributed by atoms with van der Waals surface area (Å²) in [6.07, 6.45) is 5.13. The maximum absolute atomic E-state index is 13.3. The molecule has 7 nitrogen and oxygen atoms in total. The van der Waals surface area contributed by atoms with E-state index in [9.17, 15) is 9.18 Å². The van der Waals surface area contributed by atoms with Crippen molar-refractivity contribution in [2.24, 2.45) is 0 Å². The number of imidazole rings is 1. The Hall–Kier alpha value is -3.94. The molecule has 0 spiro atoms. The lowest BCUT2D eigenvalue weighted by Crippen LogP contribution is -2.48. The molecule has 4 aromatic rings. The molecule has 1 aliphatic heterocycles. The van der Waals surface area contributed by atoms with Gasteiger partial charge in [0.25, 0.3) is 5.91 Å². The Kier molecular flexibility index (Phi) is 5.18. The second-order valence-corrected chi connectivity index (χ2v) is 7.62. The van der Waals surface area contributed by atoms with E-state index < -0.39 is 0 Å². The lowest BCUT2D eigenvalue weighted by Gasteiger charge is -2.35. The SMILES string of the molecule is COc1cccc(N2CCN(C(=O)c3cn4ccnc(-c5ccc(F)cc5)c4n3)CC2)c1. The number of aromatic nitrogens is 3. The highest BCUT2D eigenvalue weighted by molar-refractivity contribution is 5.94. The molecule has 5 rings (SSSR count). The number of amides is 1. The largest absolute Gasteiger partial charge is 0.497 e. The number of halogens is 1. The zero-order chi connectivity index (χ0) is 22.1.